The van der Waals surface area contributed by atoms with E-state index in [1.807, 2.05) is 4.90 Å². The Kier molecular flexibility index (Phi) is 5.84. The van der Waals surface area contributed by atoms with Crippen LogP contribution in [0, 0.1) is 10.1 Å². The van der Waals surface area contributed by atoms with Gasteiger partial charge in [0.2, 0.25) is 5.76 Å². The predicted octanol–water partition coefficient (Wildman–Crippen LogP) is 2.21. The van der Waals surface area contributed by atoms with Gasteiger partial charge in [0.05, 0.1) is 10.3 Å². The largest absolute Gasteiger partial charge is 0.450 e. The van der Waals surface area contributed by atoms with Gasteiger partial charge in [-0.15, -0.1) is 0 Å². The lowest BCUT2D eigenvalue weighted by Gasteiger charge is -2.36. The molecule has 3 aromatic rings. The number of piperazine rings is 1. The molecule has 1 aromatic heterocycles. The van der Waals surface area contributed by atoms with Gasteiger partial charge in [0, 0.05) is 50.1 Å². The first-order chi connectivity index (χ1) is 15.4. The molecule has 4 rings (SSSR count). The van der Waals surface area contributed by atoms with Crippen molar-refractivity contribution in [2.24, 2.45) is 0 Å². The Balaban J connectivity index is 1.31. The van der Waals surface area contributed by atoms with Gasteiger partial charge in [0.25, 0.3) is 11.6 Å². The van der Waals surface area contributed by atoms with E-state index in [4.69, 9.17) is 9.15 Å². The van der Waals surface area contributed by atoms with Crippen LogP contribution in [0.2, 0.25) is 0 Å². The van der Waals surface area contributed by atoms with Gasteiger partial charge >= 0.3 is 5.97 Å². The number of carbonyl (C=O) groups excluding carboxylic acids is 2. The summed E-state index contributed by atoms with van der Waals surface area (Å²) in [6.45, 7) is 1.44. The molecule has 0 aliphatic carbocycles. The van der Waals surface area contributed by atoms with E-state index in [1.54, 1.807) is 41.3 Å². The zero-order valence-electron chi connectivity index (χ0n) is 16.9. The number of rotatable bonds is 5. The van der Waals surface area contributed by atoms with Gasteiger partial charge in [-0.05, 0) is 24.3 Å². The number of esters is 1. The number of benzene rings is 2. The number of para-hydroxylation sites is 1. The summed E-state index contributed by atoms with van der Waals surface area (Å²) in [5.74, 6) is -1.50. The van der Waals surface area contributed by atoms with E-state index < -0.39 is 17.5 Å². The summed E-state index contributed by atoms with van der Waals surface area (Å²) in [4.78, 5) is 50.7. The van der Waals surface area contributed by atoms with E-state index in [-0.39, 0.29) is 28.4 Å². The van der Waals surface area contributed by atoms with Crippen LogP contribution in [0.25, 0.3) is 11.0 Å². The minimum atomic E-state index is -0.884. The average Bonchev–Trinajstić information content (AvgIpc) is 2.82. The van der Waals surface area contributed by atoms with Crippen LogP contribution in [-0.2, 0) is 9.53 Å². The third-order valence-corrected chi connectivity index (χ3v) is 5.22. The van der Waals surface area contributed by atoms with Crippen LogP contribution in [0.5, 0.6) is 0 Å². The quantitative estimate of drug-likeness (QED) is 0.338. The van der Waals surface area contributed by atoms with Gasteiger partial charge in [-0.1, -0.05) is 12.1 Å². The molecule has 0 saturated carbocycles. The highest BCUT2D eigenvalue weighted by Crippen LogP contribution is 2.20. The van der Waals surface area contributed by atoms with Crippen molar-refractivity contribution in [2.45, 2.75) is 0 Å². The fourth-order valence-corrected chi connectivity index (χ4v) is 3.49. The molecule has 1 aliphatic heterocycles. The van der Waals surface area contributed by atoms with Crippen LogP contribution in [0.3, 0.4) is 0 Å². The molecule has 0 N–H and O–H groups in total. The summed E-state index contributed by atoms with van der Waals surface area (Å²) in [5.41, 5.74) is 0.750. The Morgan fingerprint density at radius 1 is 1.03 bits per heavy atom. The molecule has 1 amide bonds. The van der Waals surface area contributed by atoms with Gasteiger partial charge < -0.3 is 19.0 Å². The van der Waals surface area contributed by atoms with Crippen molar-refractivity contribution in [2.75, 3.05) is 37.7 Å². The molecule has 0 radical (unpaired) electrons. The van der Waals surface area contributed by atoms with Gasteiger partial charge in [0.15, 0.2) is 12.0 Å². The first kappa shape index (κ1) is 21.0. The molecule has 1 aliphatic rings. The zero-order valence-corrected chi connectivity index (χ0v) is 16.9. The second-order valence-corrected chi connectivity index (χ2v) is 7.19. The van der Waals surface area contributed by atoms with E-state index in [9.17, 15) is 24.5 Å². The molecular formula is C22H19N3O7. The molecule has 0 atom stereocenters. The van der Waals surface area contributed by atoms with Crippen molar-refractivity contribution >= 4 is 34.2 Å². The van der Waals surface area contributed by atoms with Gasteiger partial charge in [-0.3, -0.25) is 19.7 Å². The van der Waals surface area contributed by atoms with Gasteiger partial charge in [-0.25, -0.2) is 4.79 Å². The van der Waals surface area contributed by atoms with Crippen molar-refractivity contribution in [1.29, 1.82) is 0 Å². The molecule has 0 spiro atoms. The second kappa shape index (κ2) is 8.88. The number of anilines is 1. The molecule has 0 bridgehead atoms. The fourth-order valence-electron chi connectivity index (χ4n) is 3.49. The number of nitro groups is 1. The average molecular weight is 437 g/mol. The number of ether oxygens (including phenoxy) is 1. The van der Waals surface area contributed by atoms with Gasteiger partial charge in [0.1, 0.15) is 5.58 Å². The fraction of sp³-hybridized carbons (Fsp3) is 0.227. The molecule has 32 heavy (non-hydrogen) atoms. The molecule has 2 aromatic carbocycles. The Bertz CT molecular complexity index is 1230. The molecule has 10 heteroatoms. The van der Waals surface area contributed by atoms with E-state index in [1.165, 1.54) is 12.1 Å². The monoisotopic (exact) mass is 437 g/mol. The van der Waals surface area contributed by atoms with Crippen molar-refractivity contribution in [3.8, 4) is 0 Å². The lowest BCUT2D eigenvalue weighted by molar-refractivity contribution is -0.384. The minimum Gasteiger partial charge on any atom is -0.450 e. The maximum absolute atomic E-state index is 12.4. The van der Waals surface area contributed by atoms with Gasteiger partial charge in [-0.2, -0.15) is 0 Å². The predicted molar refractivity (Wildman–Crippen MR) is 115 cm³/mol. The van der Waals surface area contributed by atoms with Crippen LogP contribution in [0.1, 0.15) is 10.6 Å². The highest BCUT2D eigenvalue weighted by Gasteiger charge is 2.23. The lowest BCUT2D eigenvalue weighted by atomic mass is 10.2. The lowest BCUT2D eigenvalue weighted by Crippen LogP contribution is -2.49. The number of hydrogen-bond acceptors (Lipinski definition) is 8. The Hall–Kier alpha value is -4.21. The molecule has 0 unspecified atom stereocenters. The third kappa shape index (κ3) is 4.43. The highest BCUT2D eigenvalue weighted by molar-refractivity contribution is 5.90. The Labute approximate surface area is 181 Å². The van der Waals surface area contributed by atoms with Crippen molar-refractivity contribution in [1.82, 2.24) is 4.90 Å². The SMILES string of the molecule is O=C(OCC(=O)N1CCN(c2ccc([N+](=O)[O-])cc2)CC1)c1cc(=O)c2ccccc2o1. The first-order valence-electron chi connectivity index (χ1n) is 9.89. The summed E-state index contributed by atoms with van der Waals surface area (Å²) in [5, 5.41) is 11.1. The summed E-state index contributed by atoms with van der Waals surface area (Å²) in [7, 11) is 0. The van der Waals surface area contributed by atoms with E-state index in [0.717, 1.165) is 11.8 Å². The maximum Gasteiger partial charge on any atom is 0.374 e. The Morgan fingerprint density at radius 2 is 1.72 bits per heavy atom. The van der Waals surface area contributed by atoms with E-state index in [0.29, 0.717) is 31.6 Å². The second-order valence-electron chi connectivity index (χ2n) is 7.19. The number of fused-ring (bicyclic) bond motifs is 1. The number of non-ortho nitro benzene ring substituents is 1. The van der Waals surface area contributed by atoms with Crippen LogP contribution in [0.15, 0.2) is 63.8 Å². The summed E-state index contributed by atoms with van der Waals surface area (Å²) < 4.78 is 10.5. The molecule has 2 heterocycles. The number of nitro benzene ring substituents is 1. The molecular weight excluding hydrogens is 418 g/mol. The topological polar surface area (TPSA) is 123 Å². The minimum absolute atomic E-state index is 0.0200. The third-order valence-electron chi connectivity index (χ3n) is 5.22. The Morgan fingerprint density at radius 3 is 2.41 bits per heavy atom. The van der Waals surface area contributed by atoms with Crippen LogP contribution < -0.4 is 10.3 Å². The maximum atomic E-state index is 12.4. The first-order valence-corrected chi connectivity index (χ1v) is 9.89. The summed E-state index contributed by atoms with van der Waals surface area (Å²) in [6, 6.07) is 13.8. The number of hydrogen-bond donors (Lipinski definition) is 0. The molecule has 10 nitrogen and oxygen atoms in total. The number of amides is 1. The summed E-state index contributed by atoms with van der Waals surface area (Å²) >= 11 is 0. The number of carbonyl (C=O) groups is 2. The smallest absolute Gasteiger partial charge is 0.374 e. The van der Waals surface area contributed by atoms with Crippen molar-refractivity contribution < 1.29 is 23.7 Å². The molecule has 164 valence electrons. The van der Waals surface area contributed by atoms with E-state index >= 15 is 0 Å². The van der Waals surface area contributed by atoms with E-state index in [2.05, 4.69) is 0 Å². The van der Waals surface area contributed by atoms with Crippen molar-refractivity contribution in [3.63, 3.8) is 0 Å². The standard InChI is InChI=1S/C22H19N3O7/c26-18-13-20(32-19-4-2-1-3-17(18)19)22(28)31-14-21(27)24-11-9-23(10-12-24)15-5-7-16(8-6-15)25(29)30/h1-8,13H,9-12,14H2. The zero-order chi connectivity index (χ0) is 22.7. The van der Waals surface area contributed by atoms with Crippen LogP contribution >= 0.6 is 0 Å². The summed E-state index contributed by atoms with van der Waals surface area (Å²) in [6.07, 6.45) is 0. The normalized spacial score (nSPS) is 13.8. The number of nitrogens with zero attached hydrogens (tertiary/aromatic N) is 3. The van der Waals surface area contributed by atoms with Crippen LogP contribution in [-0.4, -0.2) is 54.5 Å². The highest BCUT2D eigenvalue weighted by atomic mass is 16.6. The van der Waals surface area contributed by atoms with Crippen LogP contribution in [0.4, 0.5) is 11.4 Å². The molecule has 1 saturated heterocycles. The molecule has 1 fully saturated rings. The van der Waals surface area contributed by atoms with Crippen molar-refractivity contribution in [3.05, 3.63) is 80.7 Å².